The molecule has 1 aromatic heterocycles. The van der Waals surface area contributed by atoms with Gasteiger partial charge in [0.1, 0.15) is 12.2 Å². The van der Waals surface area contributed by atoms with Gasteiger partial charge in [0.15, 0.2) is 0 Å². The number of nitro benzene ring substituents is 1. The number of benzene rings is 2. The van der Waals surface area contributed by atoms with Crippen molar-refractivity contribution in [3.8, 4) is 11.3 Å². The van der Waals surface area contributed by atoms with Gasteiger partial charge in [-0.3, -0.25) is 10.1 Å². The van der Waals surface area contributed by atoms with Crippen molar-refractivity contribution >= 4 is 27.8 Å². The number of nitrogens with one attached hydrogen (secondary N) is 2. The fourth-order valence-electron chi connectivity index (χ4n) is 2.38. The summed E-state index contributed by atoms with van der Waals surface area (Å²) in [7, 11) is 0. The molecule has 7 heteroatoms. The number of aromatic nitrogens is 1. The van der Waals surface area contributed by atoms with Gasteiger partial charge in [0, 0.05) is 23.1 Å². The molecule has 126 valence electrons. The summed E-state index contributed by atoms with van der Waals surface area (Å²) < 4.78 is 2.12. The standard InChI is InChI=1S/C18H16N4O2S/c1-2-12-21-17(14-6-4-3-5-7-14)13-25-18(21)20-19-15-8-10-16(11-9-15)22(23)24/h2-11,13,19H,1,12H2/p+1. The van der Waals surface area contributed by atoms with Crippen molar-refractivity contribution in [1.29, 1.82) is 0 Å². The van der Waals surface area contributed by atoms with Crippen molar-refractivity contribution in [2.75, 3.05) is 10.9 Å². The predicted molar refractivity (Wildman–Crippen MR) is 100 cm³/mol. The van der Waals surface area contributed by atoms with Gasteiger partial charge in [-0.1, -0.05) is 54.3 Å². The van der Waals surface area contributed by atoms with Crippen molar-refractivity contribution < 1.29 is 9.49 Å². The number of hydrazine groups is 1. The number of hydrogen-bond acceptors (Lipinski definition) is 5. The lowest BCUT2D eigenvalue weighted by Gasteiger charge is -2.05. The first-order valence-corrected chi connectivity index (χ1v) is 8.51. The average Bonchev–Trinajstić information content (AvgIpc) is 3.04. The maximum absolute atomic E-state index is 10.7. The van der Waals surface area contributed by atoms with Crippen LogP contribution in [0.4, 0.5) is 16.5 Å². The Labute approximate surface area is 149 Å². The molecule has 0 saturated carbocycles. The molecule has 0 radical (unpaired) electrons. The van der Waals surface area contributed by atoms with E-state index in [-0.39, 0.29) is 5.69 Å². The molecule has 3 aromatic rings. The zero-order valence-corrected chi connectivity index (χ0v) is 14.2. The van der Waals surface area contributed by atoms with E-state index in [2.05, 4.69) is 39.5 Å². The van der Waals surface area contributed by atoms with E-state index in [0.29, 0.717) is 6.54 Å². The Morgan fingerprint density at radius 2 is 1.84 bits per heavy atom. The first kappa shape index (κ1) is 16.7. The monoisotopic (exact) mass is 353 g/mol. The summed E-state index contributed by atoms with van der Waals surface area (Å²) in [4.78, 5) is 10.3. The highest BCUT2D eigenvalue weighted by Gasteiger charge is 2.18. The lowest BCUT2D eigenvalue weighted by molar-refractivity contribution is -0.657. The Morgan fingerprint density at radius 3 is 2.48 bits per heavy atom. The third-order valence-electron chi connectivity index (χ3n) is 3.59. The van der Waals surface area contributed by atoms with Gasteiger partial charge >= 0.3 is 5.13 Å². The van der Waals surface area contributed by atoms with E-state index in [1.807, 2.05) is 24.3 Å². The van der Waals surface area contributed by atoms with Crippen LogP contribution in [-0.4, -0.2) is 4.92 Å². The highest BCUT2D eigenvalue weighted by atomic mass is 32.1. The minimum absolute atomic E-state index is 0.0646. The highest BCUT2D eigenvalue weighted by Crippen LogP contribution is 2.23. The summed E-state index contributed by atoms with van der Waals surface area (Å²) in [5, 5.41) is 13.7. The number of nitrogens with zero attached hydrogens (tertiary/aromatic N) is 2. The fourth-order valence-corrected chi connectivity index (χ4v) is 3.28. The first-order valence-electron chi connectivity index (χ1n) is 7.63. The van der Waals surface area contributed by atoms with Gasteiger partial charge in [-0.15, -0.1) is 0 Å². The number of rotatable bonds is 7. The van der Waals surface area contributed by atoms with Gasteiger partial charge in [-0.25, -0.2) is 9.99 Å². The summed E-state index contributed by atoms with van der Waals surface area (Å²) in [6.07, 6.45) is 1.84. The van der Waals surface area contributed by atoms with Crippen molar-refractivity contribution in [3.63, 3.8) is 0 Å². The molecule has 0 aliphatic carbocycles. The van der Waals surface area contributed by atoms with E-state index in [0.717, 1.165) is 22.1 Å². The van der Waals surface area contributed by atoms with Crippen LogP contribution >= 0.6 is 11.3 Å². The van der Waals surface area contributed by atoms with Gasteiger partial charge in [0.2, 0.25) is 0 Å². The second-order valence-electron chi connectivity index (χ2n) is 5.25. The van der Waals surface area contributed by atoms with Crippen LogP contribution in [0.15, 0.2) is 72.6 Å². The molecule has 1 heterocycles. The van der Waals surface area contributed by atoms with E-state index in [4.69, 9.17) is 0 Å². The van der Waals surface area contributed by atoms with Crippen LogP contribution in [0.3, 0.4) is 0 Å². The van der Waals surface area contributed by atoms with Crippen molar-refractivity contribution in [2.45, 2.75) is 6.54 Å². The van der Waals surface area contributed by atoms with Gasteiger partial charge < -0.3 is 0 Å². The predicted octanol–water partition coefficient (Wildman–Crippen LogP) is 4.24. The Morgan fingerprint density at radius 1 is 1.12 bits per heavy atom. The SMILES string of the molecule is C=CC[n+]1c(-c2ccccc2)csc1NNc1ccc([N+](=O)[O-])cc1. The lowest BCUT2D eigenvalue weighted by atomic mass is 10.2. The summed E-state index contributed by atoms with van der Waals surface area (Å²) in [5.74, 6) is 0. The van der Waals surface area contributed by atoms with Crippen LogP contribution in [0.5, 0.6) is 0 Å². The topological polar surface area (TPSA) is 71.1 Å². The van der Waals surface area contributed by atoms with Crippen molar-refractivity contribution in [2.24, 2.45) is 0 Å². The van der Waals surface area contributed by atoms with Gasteiger partial charge in [0.05, 0.1) is 10.6 Å². The second-order valence-corrected chi connectivity index (χ2v) is 6.10. The summed E-state index contributed by atoms with van der Waals surface area (Å²) >= 11 is 1.57. The maximum atomic E-state index is 10.7. The molecule has 0 amide bonds. The molecule has 6 nitrogen and oxygen atoms in total. The zero-order valence-electron chi connectivity index (χ0n) is 13.4. The van der Waals surface area contributed by atoms with Gasteiger partial charge in [-0.05, 0) is 12.1 Å². The molecule has 0 saturated heterocycles. The second kappa shape index (κ2) is 7.59. The Kier molecular flexibility index (Phi) is 5.06. The normalized spacial score (nSPS) is 10.2. The summed E-state index contributed by atoms with van der Waals surface area (Å²) in [6.45, 7) is 4.49. The van der Waals surface area contributed by atoms with Crippen LogP contribution in [0.2, 0.25) is 0 Å². The van der Waals surface area contributed by atoms with E-state index < -0.39 is 4.92 Å². The highest BCUT2D eigenvalue weighted by molar-refractivity contribution is 7.13. The van der Waals surface area contributed by atoms with Crippen LogP contribution in [0.1, 0.15) is 0 Å². The average molecular weight is 353 g/mol. The van der Waals surface area contributed by atoms with Gasteiger partial charge in [0.25, 0.3) is 5.69 Å². The van der Waals surface area contributed by atoms with Crippen LogP contribution in [0.25, 0.3) is 11.3 Å². The Balaban J connectivity index is 1.79. The molecule has 0 atom stereocenters. The summed E-state index contributed by atoms with van der Waals surface area (Å²) in [6, 6.07) is 16.4. The van der Waals surface area contributed by atoms with Crippen molar-refractivity contribution in [1.82, 2.24) is 0 Å². The molecule has 0 unspecified atom stereocenters. The van der Waals surface area contributed by atoms with E-state index in [1.54, 1.807) is 23.5 Å². The third-order valence-corrected chi connectivity index (χ3v) is 4.48. The van der Waals surface area contributed by atoms with E-state index in [9.17, 15) is 10.1 Å². The molecule has 0 fully saturated rings. The maximum Gasteiger partial charge on any atom is 0.357 e. The molecule has 0 aliphatic rings. The first-order chi connectivity index (χ1) is 12.2. The lowest BCUT2D eigenvalue weighted by Crippen LogP contribution is -2.37. The molecule has 0 bridgehead atoms. The number of thiazole rings is 1. The fraction of sp³-hybridized carbons (Fsp3) is 0.0556. The van der Waals surface area contributed by atoms with E-state index >= 15 is 0 Å². The van der Waals surface area contributed by atoms with Crippen molar-refractivity contribution in [3.05, 3.63) is 82.7 Å². The third kappa shape index (κ3) is 3.84. The molecular weight excluding hydrogens is 336 g/mol. The molecule has 2 N–H and O–H groups in total. The smallest absolute Gasteiger partial charge is 0.258 e. The molecule has 0 spiro atoms. The number of hydrogen-bond donors (Lipinski definition) is 2. The molecule has 2 aromatic carbocycles. The molecule has 25 heavy (non-hydrogen) atoms. The minimum Gasteiger partial charge on any atom is -0.258 e. The minimum atomic E-state index is -0.416. The van der Waals surface area contributed by atoms with Crippen LogP contribution in [0, 0.1) is 10.1 Å². The molecule has 0 aliphatic heterocycles. The quantitative estimate of drug-likeness (QED) is 0.288. The largest absolute Gasteiger partial charge is 0.357 e. The zero-order chi connectivity index (χ0) is 17.6. The van der Waals surface area contributed by atoms with Crippen LogP contribution in [-0.2, 0) is 6.54 Å². The number of non-ortho nitro benzene ring substituents is 1. The molecule has 3 rings (SSSR count). The van der Waals surface area contributed by atoms with Crippen LogP contribution < -0.4 is 15.4 Å². The summed E-state index contributed by atoms with van der Waals surface area (Å²) in [5.41, 5.74) is 9.27. The van der Waals surface area contributed by atoms with Gasteiger partial charge in [-0.2, -0.15) is 5.43 Å². The Hall–Kier alpha value is -3.19. The number of nitro groups is 1. The molecular formula is C18H17N4O2S+. The number of allylic oxidation sites excluding steroid dienone is 1. The van der Waals surface area contributed by atoms with E-state index in [1.165, 1.54) is 12.1 Å². The number of anilines is 2. The Bertz CT molecular complexity index is 876.